The first-order valence-corrected chi connectivity index (χ1v) is 11.3. The zero-order valence-corrected chi connectivity index (χ0v) is 17.8. The first-order valence-electron chi connectivity index (χ1n) is 8.41. The Morgan fingerprint density at radius 2 is 1.30 bits per heavy atom. The first-order chi connectivity index (χ1) is 13.5. The predicted octanol–water partition coefficient (Wildman–Crippen LogP) is 1.58. The van der Waals surface area contributed by atoms with Crippen molar-refractivity contribution in [3.8, 4) is 0 Å². The molecule has 0 amide bonds. The van der Waals surface area contributed by atoms with Crippen molar-refractivity contribution in [3.63, 3.8) is 0 Å². The fourth-order valence-electron chi connectivity index (χ4n) is 1.87. The summed E-state index contributed by atoms with van der Waals surface area (Å²) in [5.74, 6) is 0. The summed E-state index contributed by atoms with van der Waals surface area (Å²) in [6, 6.07) is 0. The van der Waals surface area contributed by atoms with Gasteiger partial charge in [0.2, 0.25) is 0 Å². The lowest BCUT2D eigenvalue weighted by Crippen LogP contribution is -2.53. The molecule has 1 fully saturated rings. The lowest BCUT2D eigenvalue weighted by molar-refractivity contribution is -0.917. The largest absolute Gasteiger partial charge is 0.480 e. The molecule has 0 atom stereocenters. The molecular formula is C13H24F6N2O7S2. The maximum absolute atomic E-state index is 11.4. The van der Waals surface area contributed by atoms with Crippen LogP contribution in [0.2, 0.25) is 0 Å². The smallest absolute Gasteiger partial charge is 0.421 e. The van der Waals surface area contributed by atoms with Gasteiger partial charge >= 0.3 is 11.0 Å². The first kappa shape index (κ1) is 29.3. The molecule has 0 N–H and O–H groups in total. The molecule has 9 nitrogen and oxygen atoms in total. The molecule has 0 spiro atoms. The minimum atomic E-state index is -6.72. The van der Waals surface area contributed by atoms with Gasteiger partial charge in [-0.15, -0.1) is 0 Å². The van der Waals surface area contributed by atoms with Gasteiger partial charge in [-0.25, -0.2) is 16.8 Å². The van der Waals surface area contributed by atoms with Crippen LogP contribution in [-0.4, -0.2) is 98.7 Å². The number of rotatable bonds is 9. The third-order valence-electron chi connectivity index (χ3n) is 3.68. The summed E-state index contributed by atoms with van der Waals surface area (Å²) < 4.78 is 126. The Kier molecular flexibility index (Phi) is 11.5. The fraction of sp³-hybridized carbons (Fsp3) is 1.00. The number of sulfonamides is 2. The van der Waals surface area contributed by atoms with E-state index in [1.165, 1.54) is 0 Å². The van der Waals surface area contributed by atoms with Crippen LogP contribution in [0.3, 0.4) is 0 Å². The minimum absolute atomic E-state index is 0.712. The highest BCUT2D eigenvalue weighted by atomic mass is 32.3. The summed E-state index contributed by atoms with van der Waals surface area (Å²) in [6.07, 6.45) is 0. The van der Waals surface area contributed by atoms with Crippen LogP contribution < -0.4 is 0 Å². The van der Waals surface area contributed by atoms with Gasteiger partial charge in [0.05, 0.1) is 40.1 Å². The van der Waals surface area contributed by atoms with Gasteiger partial charge in [0, 0.05) is 6.61 Å². The van der Waals surface area contributed by atoms with Crippen molar-refractivity contribution in [2.45, 2.75) is 17.9 Å². The SMILES string of the molecule is CCOCCOCC[N+]1(C)CCOCC1.O=S(=O)([N-]S(=O)(=O)C(F)(F)F)C(F)(F)F. The zero-order valence-electron chi connectivity index (χ0n) is 16.2. The molecule has 0 unspecified atom stereocenters. The molecule has 0 aliphatic carbocycles. The van der Waals surface area contributed by atoms with Gasteiger partial charge in [-0.05, 0) is 6.92 Å². The Labute approximate surface area is 170 Å². The predicted molar refractivity (Wildman–Crippen MR) is 92.2 cm³/mol. The van der Waals surface area contributed by atoms with Crippen molar-refractivity contribution < 1.29 is 61.9 Å². The van der Waals surface area contributed by atoms with Crippen LogP contribution in [0, 0.1) is 0 Å². The lowest BCUT2D eigenvalue weighted by Gasteiger charge is -2.37. The molecule has 1 aliphatic heterocycles. The second-order valence-electron chi connectivity index (χ2n) is 6.13. The average Bonchev–Trinajstić information content (AvgIpc) is 2.56. The van der Waals surface area contributed by atoms with E-state index in [2.05, 4.69) is 7.05 Å². The Morgan fingerprint density at radius 3 is 1.70 bits per heavy atom. The molecule has 30 heavy (non-hydrogen) atoms. The van der Waals surface area contributed by atoms with E-state index >= 15 is 0 Å². The number of likely N-dealkylation sites (N-methyl/N-ethyl adjacent to an activating group) is 1. The number of morpholine rings is 1. The molecule has 182 valence electrons. The lowest BCUT2D eigenvalue weighted by atomic mass is 10.3. The van der Waals surface area contributed by atoms with Crippen molar-refractivity contribution in [2.75, 3.05) is 66.3 Å². The Morgan fingerprint density at radius 1 is 0.867 bits per heavy atom. The molecule has 0 radical (unpaired) electrons. The van der Waals surface area contributed by atoms with Crippen molar-refractivity contribution in [1.29, 1.82) is 0 Å². The molecule has 0 saturated carbocycles. The van der Waals surface area contributed by atoms with Gasteiger partial charge in [-0.2, -0.15) is 26.3 Å². The second kappa shape index (κ2) is 11.8. The van der Waals surface area contributed by atoms with Gasteiger partial charge in [0.15, 0.2) is 20.0 Å². The van der Waals surface area contributed by atoms with E-state index < -0.39 is 31.1 Å². The van der Waals surface area contributed by atoms with E-state index in [1.54, 1.807) is 0 Å². The molecule has 1 saturated heterocycles. The van der Waals surface area contributed by atoms with Crippen molar-refractivity contribution >= 4 is 20.0 Å². The van der Waals surface area contributed by atoms with Crippen LogP contribution in [0.25, 0.3) is 4.13 Å². The van der Waals surface area contributed by atoms with Crippen LogP contribution in [0.15, 0.2) is 0 Å². The monoisotopic (exact) mass is 498 g/mol. The number of hydrogen-bond acceptors (Lipinski definition) is 7. The van der Waals surface area contributed by atoms with E-state index in [0.717, 1.165) is 54.7 Å². The van der Waals surface area contributed by atoms with Crippen molar-refractivity contribution in [2.24, 2.45) is 0 Å². The highest BCUT2D eigenvalue weighted by Crippen LogP contribution is 2.36. The quantitative estimate of drug-likeness (QED) is 0.270. The van der Waals surface area contributed by atoms with Crippen molar-refractivity contribution in [1.82, 2.24) is 0 Å². The maximum Gasteiger partial charge on any atom is 0.480 e. The molecule has 1 rings (SSSR count). The van der Waals surface area contributed by atoms with E-state index in [4.69, 9.17) is 14.2 Å². The fourth-order valence-corrected chi connectivity index (χ4v) is 3.58. The minimum Gasteiger partial charge on any atom is -0.421 e. The zero-order chi connectivity index (χ0) is 23.7. The van der Waals surface area contributed by atoms with Crippen LogP contribution in [-0.2, 0) is 34.3 Å². The molecule has 0 aromatic heterocycles. The van der Waals surface area contributed by atoms with E-state index in [9.17, 15) is 43.2 Å². The summed E-state index contributed by atoms with van der Waals surface area (Å²) in [5.41, 5.74) is -12.4. The van der Waals surface area contributed by atoms with Crippen LogP contribution in [0.1, 0.15) is 6.92 Å². The standard InChI is InChI=1S/C11H24NO3.C2F6NO4S2/c1-3-13-10-11-15-9-6-12(2)4-7-14-8-5-12;3-1(4,5)14(10,11)9-15(12,13)2(6,7)8/h3-11H2,1-2H3;/q+1;-1. The number of nitrogens with zero attached hydrogens (tertiary/aromatic N) is 2. The molecule has 0 aromatic carbocycles. The van der Waals surface area contributed by atoms with Crippen LogP contribution >= 0.6 is 0 Å². The third-order valence-corrected chi connectivity index (χ3v) is 6.42. The molecule has 0 aromatic rings. The summed E-state index contributed by atoms with van der Waals surface area (Å²) >= 11 is 0. The normalized spacial score (nSPS) is 17.9. The van der Waals surface area contributed by atoms with Gasteiger partial charge < -0.3 is 22.8 Å². The van der Waals surface area contributed by atoms with E-state index in [-0.39, 0.29) is 0 Å². The molecular weight excluding hydrogens is 474 g/mol. The Hall–Kier alpha value is -0.720. The van der Waals surface area contributed by atoms with E-state index in [0.29, 0.717) is 13.2 Å². The van der Waals surface area contributed by atoms with Gasteiger partial charge in [0.1, 0.15) is 19.6 Å². The highest BCUT2D eigenvalue weighted by molar-refractivity contribution is 8.13. The highest BCUT2D eigenvalue weighted by Gasteiger charge is 2.46. The summed E-state index contributed by atoms with van der Waals surface area (Å²) in [7, 11) is -11.2. The van der Waals surface area contributed by atoms with Crippen molar-refractivity contribution in [3.05, 3.63) is 4.13 Å². The summed E-state index contributed by atoms with van der Waals surface area (Å²) in [4.78, 5) is 0. The van der Waals surface area contributed by atoms with E-state index in [1.807, 2.05) is 6.92 Å². The van der Waals surface area contributed by atoms with Gasteiger partial charge in [0.25, 0.3) is 0 Å². The number of halogens is 6. The van der Waals surface area contributed by atoms with Crippen LogP contribution in [0.4, 0.5) is 26.3 Å². The number of hydrogen-bond donors (Lipinski definition) is 0. The topological polar surface area (TPSA) is 110 Å². The maximum atomic E-state index is 11.4. The molecule has 1 heterocycles. The van der Waals surface area contributed by atoms with Gasteiger partial charge in [-0.1, -0.05) is 0 Å². The number of quaternary nitrogens is 1. The summed E-state index contributed by atoms with van der Waals surface area (Å²) in [6.45, 7) is 10.1. The molecule has 0 bridgehead atoms. The average molecular weight is 498 g/mol. The summed E-state index contributed by atoms with van der Waals surface area (Å²) in [5, 5.41) is 0. The third kappa shape index (κ3) is 10.5. The Balaban J connectivity index is 0.000000561. The number of ether oxygens (including phenoxy) is 3. The van der Waals surface area contributed by atoms with Crippen LogP contribution in [0.5, 0.6) is 0 Å². The molecule has 1 aliphatic rings. The number of alkyl halides is 6. The van der Waals surface area contributed by atoms with Gasteiger partial charge in [-0.3, -0.25) is 0 Å². The molecule has 17 heteroatoms. The second-order valence-corrected chi connectivity index (χ2v) is 9.55. The Bertz CT molecular complexity index is 662.